The highest BCUT2D eigenvalue weighted by molar-refractivity contribution is 7.19. The van der Waals surface area contributed by atoms with Gasteiger partial charge < -0.3 is 10.4 Å². The Morgan fingerprint density at radius 2 is 1.91 bits per heavy atom. The second-order valence-corrected chi connectivity index (χ2v) is 8.28. The zero-order valence-corrected chi connectivity index (χ0v) is 17.5. The maximum absolute atomic E-state index is 14.3. The molecule has 0 amide bonds. The first kappa shape index (κ1) is 22.1. The van der Waals surface area contributed by atoms with Crippen LogP contribution in [0.2, 0.25) is 0 Å². The third kappa shape index (κ3) is 4.58. The molecule has 0 unspecified atom stereocenters. The van der Waals surface area contributed by atoms with E-state index in [2.05, 4.69) is 15.5 Å². The third-order valence-corrected chi connectivity index (χ3v) is 5.96. The molecule has 2 N–H and O–H groups in total. The SMILES string of the molecule is Cn1cc2cc(-c3nn4cc(C5CCNCC5)nc4s3)cc(F)c2n1.O=C(O)C(F)(F)F. The molecular formula is C19H18F4N6O2S. The summed E-state index contributed by atoms with van der Waals surface area (Å²) in [5, 5.41) is 20.8. The largest absolute Gasteiger partial charge is 0.490 e. The molecule has 1 saturated heterocycles. The number of benzene rings is 1. The molecule has 0 radical (unpaired) electrons. The molecule has 0 atom stereocenters. The lowest BCUT2D eigenvalue weighted by Gasteiger charge is -2.20. The Morgan fingerprint density at radius 1 is 1.22 bits per heavy atom. The van der Waals surface area contributed by atoms with Crippen molar-refractivity contribution in [2.75, 3.05) is 13.1 Å². The van der Waals surface area contributed by atoms with Crippen LogP contribution in [0.15, 0.2) is 24.5 Å². The number of aryl methyl sites for hydroxylation is 1. The fourth-order valence-electron chi connectivity index (χ4n) is 3.48. The monoisotopic (exact) mass is 470 g/mol. The van der Waals surface area contributed by atoms with Gasteiger partial charge in [-0.25, -0.2) is 18.7 Å². The van der Waals surface area contributed by atoms with E-state index in [0.29, 0.717) is 11.4 Å². The number of nitrogens with zero attached hydrogens (tertiary/aromatic N) is 5. The van der Waals surface area contributed by atoms with Crippen LogP contribution in [0.1, 0.15) is 24.5 Å². The van der Waals surface area contributed by atoms with Crippen molar-refractivity contribution < 1.29 is 27.5 Å². The number of alkyl halides is 3. The average molecular weight is 470 g/mol. The quantitative estimate of drug-likeness (QED) is 0.435. The van der Waals surface area contributed by atoms with Gasteiger partial charge in [0, 0.05) is 30.1 Å². The molecule has 1 fully saturated rings. The summed E-state index contributed by atoms with van der Waals surface area (Å²) in [5.41, 5.74) is 2.26. The minimum atomic E-state index is -5.08. The molecule has 1 aliphatic rings. The van der Waals surface area contributed by atoms with E-state index in [1.807, 2.05) is 23.0 Å². The van der Waals surface area contributed by atoms with E-state index in [1.54, 1.807) is 11.7 Å². The van der Waals surface area contributed by atoms with Gasteiger partial charge in [-0.1, -0.05) is 11.3 Å². The summed E-state index contributed by atoms with van der Waals surface area (Å²) in [4.78, 5) is 14.5. The lowest BCUT2D eigenvalue weighted by Crippen LogP contribution is -2.26. The maximum atomic E-state index is 14.3. The summed E-state index contributed by atoms with van der Waals surface area (Å²) in [5.74, 6) is -2.58. The van der Waals surface area contributed by atoms with E-state index < -0.39 is 12.1 Å². The molecular weight excluding hydrogens is 452 g/mol. The van der Waals surface area contributed by atoms with E-state index >= 15 is 0 Å². The van der Waals surface area contributed by atoms with Crippen LogP contribution in [0, 0.1) is 5.82 Å². The number of halogens is 4. The molecule has 0 spiro atoms. The van der Waals surface area contributed by atoms with Crippen molar-refractivity contribution >= 4 is 33.2 Å². The van der Waals surface area contributed by atoms with Crippen LogP contribution in [0.4, 0.5) is 17.6 Å². The predicted octanol–water partition coefficient (Wildman–Crippen LogP) is 3.58. The first-order valence-corrected chi connectivity index (χ1v) is 10.4. The third-order valence-electron chi connectivity index (χ3n) is 4.99. The Balaban J connectivity index is 0.000000307. The summed E-state index contributed by atoms with van der Waals surface area (Å²) < 4.78 is 49.5. The zero-order chi connectivity index (χ0) is 23.0. The summed E-state index contributed by atoms with van der Waals surface area (Å²) in [6.07, 6.45) is 0.973. The fourth-order valence-corrected chi connectivity index (χ4v) is 4.36. The molecule has 170 valence electrons. The number of aliphatic carboxylic acids is 1. The van der Waals surface area contributed by atoms with Gasteiger partial charge >= 0.3 is 12.1 Å². The second kappa shape index (κ2) is 8.47. The molecule has 4 heterocycles. The molecule has 8 nitrogen and oxygen atoms in total. The number of carboxylic acid groups (broad SMARTS) is 1. The molecule has 5 rings (SSSR count). The van der Waals surface area contributed by atoms with E-state index in [-0.39, 0.29) is 5.82 Å². The lowest BCUT2D eigenvalue weighted by molar-refractivity contribution is -0.192. The Kier molecular flexibility index (Phi) is 5.86. The number of carboxylic acids is 1. The number of aromatic nitrogens is 5. The Morgan fingerprint density at radius 3 is 2.53 bits per heavy atom. The Hall–Kier alpha value is -3.06. The van der Waals surface area contributed by atoms with Crippen LogP contribution in [0.5, 0.6) is 0 Å². The fraction of sp³-hybridized carbons (Fsp3) is 0.368. The molecule has 32 heavy (non-hydrogen) atoms. The van der Waals surface area contributed by atoms with Gasteiger partial charge in [0.2, 0.25) is 4.96 Å². The molecule has 0 saturated carbocycles. The van der Waals surface area contributed by atoms with Crippen LogP contribution in [-0.4, -0.2) is 54.7 Å². The normalized spacial score (nSPS) is 15.2. The van der Waals surface area contributed by atoms with Crippen molar-refractivity contribution in [2.24, 2.45) is 7.05 Å². The number of rotatable bonds is 2. The van der Waals surface area contributed by atoms with Gasteiger partial charge in [-0.15, -0.1) is 0 Å². The van der Waals surface area contributed by atoms with E-state index in [9.17, 15) is 17.6 Å². The standard InChI is InChI=1S/C17H17FN6S.C2HF3O2/c1-23-8-12-6-11(7-13(18)15(12)21-23)16-22-24-9-14(20-17(24)25-16)10-2-4-19-5-3-10;3-2(4,5)1(6)7/h6-10,19H,2-5H2,1H3;(H,6,7). The van der Waals surface area contributed by atoms with Gasteiger partial charge in [-0.05, 0) is 38.1 Å². The highest BCUT2D eigenvalue weighted by Crippen LogP contribution is 2.31. The van der Waals surface area contributed by atoms with Gasteiger partial charge in [-0.2, -0.15) is 23.4 Å². The zero-order valence-electron chi connectivity index (χ0n) is 16.7. The average Bonchev–Trinajstić information content (AvgIpc) is 3.40. The van der Waals surface area contributed by atoms with Crippen LogP contribution in [0.3, 0.4) is 0 Å². The number of hydrogen-bond donors (Lipinski definition) is 2. The van der Waals surface area contributed by atoms with Crippen LogP contribution in [0.25, 0.3) is 26.4 Å². The smallest absolute Gasteiger partial charge is 0.475 e. The van der Waals surface area contributed by atoms with Gasteiger partial charge in [0.05, 0.1) is 11.9 Å². The van der Waals surface area contributed by atoms with Crippen molar-refractivity contribution in [2.45, 2.75) is 24.9 Å². The Bertz CT molecular complexity index is 1240. The summed E-state index contributed by atoms with van der Waals surface area (Å²) in [6.45, 7) is 2.08. The summed E-state index contributed by atoms with van der Waals surface area (Å²) in [7, 11) is 1.79. The predicted molar refractivity (Wildman–Crippen MR) is 109 cm³/mol. The summed E-state index contributed by atoms with van der Waals surface area (Å²) >= 11 is 1.49. The number of piperidine rings is 1. The molecule has 0 bridgehead atoms. The van der Waals surface area contributed by atoms with Gasteiger partial charge in [0.1, 0.15) is 10.5 Å². The molecule has 1 aromatic carbocycles. The molecule has 13 heteroatoms. The van der Waals surface area contributed by atoms with Gasteiger partial charge in [0.25, 0.3) is 0 Å². The van der Waals surface area contributed by atoms with Gasteiger partial charge in [-0.3, -0.25) is 4.68 Å². The highest BCUT2D eigenvalue weighted by Gasteiger charge is 2.38. The molecule has 4 aromatic rings. The van der Waals surface area contributed by atoms with Crippen molar-refractivity contribution in [1.82, 2.24) is 29.7 Å². The summed E-state index contributed by atoms with van der Waals surface area (Å²) in [6, 6.07) is 3.43. The first-order valence-electron chi connectivity index (χ1n) is 9.62. The van der Waals surface area contributed by atoms with Crippen molar-refractivity contribution in [1.29, 1.82) is 0 Å². The van der Waals surface area contributed by atoms with Crippen LogP contribution in [-0.2, 0) is 11.8 Å². The second-order valence-electron chi connectivity index (χ2n) is 7.33. The van der Waals surface area contributed by atoms with E-state index in [4.69, 9.17) is 14.9 Å². The highest BCUT2D eigenvalue weighted by atomic mass is 32.1. The van der Waals surface area contributed by atoms with Crippen LogP contribution < -0.4 is 5.32 Å². The molecule has 1 aliphatic heterocycles. The number of imidazole rings is 1. The van der Waals surface area contributed by atoms with Crippen molar-refractivity contribution in [3.05, 3.63) is 36.0 Å². The van der Waals surface area contributed by atoms with Crippen molar-refractivity contribution in [3.8, 4) is 10.6 Å². The number of hydrogen-bond acceptors (Lipinski definition) is 6. The number of nitrogens with one attached hydrogen (secondary N) is 1. The number of carbonyl (C=O) groups is 1. The minimum absolute atomic E-state index is 0.323. The maximum Gasteiger partial charge on any atom is 0.490 e. The van der Waals surface area contributed by atoms with Crippen molar-refractivity contribution in [3.63, 3.8) is 0 Å². The molecule has 3 aromatic heterocycles. The minimum Gasteiger partial charge on any atom is -0.475 e. The van der Waals surface area contributed by atoms with E-state index in [1.165, 1.54) is 17.4 Å². The van der Waals surface area contributed by atoms with Crippen LogP contribution >= 0.6 is 11.3 Å². The van der Waals surface area contributed by atoms with E-state index in [0.717, 1.165) is 52.5 Å². The van der Waals surface area contributed by atoms with Gasteiger partial charge in [0.15, 0.2) is 5.82 Å². The Labute approximate surface area is 182 Å². The topological polar surface area (TPSA) is 97.3 Å². The number of fused-ring (bicyclic) bond motifs is 2. The lowest BCUT2D eigenvalue weighted by atomic mass is 9.95. The first-order chi connectivity index (χ1) is 15.1. The molecule has 0 aliphatic carbocycles.